The summed E-state index contributed by atoms with van der Waals surface area (Å²) in [5.41, 5.74) is 2.46. The van der Waals surface area contributed by atoms with Crippen LogP contribution in [0.4, 0.5) is 0 Å². The van der Waals surface area contributed by atoms with Crippen LogP contribution in [0.1, 0.15) is 104 Å². The molecule has 4 aliphatic rings. The lowest BCUT2D eigenvalue weighted by Gasteiger charge is -2.58. The average Bonchev–Trinajstić information content (AvgIpc) is 3.06. The highest BCUT2D eigenvalue weighted by molar-refractivity contribution is 5.25. The highest BCUT2D eigenvalue weighted by Crippen LogP contribution is 2.66. The number of hydrogen-bond acceptors (Lipinski definition) is 3. The Morgan fingerprint density at radius 1 is 1.00 bits per heavy atom. The lowest BCUT2D eigenvalue weighted by Crippen LogP contribution is -2.50. The summed E-state index contributed by atoms with van der Waals surface area (Å²) < 4.78 is 0. The van der Waals surface area contributed by atoms with Gasteiger partial charge in [0.25, 0.3) is 0 Å². The van der Waals surface area contributed by atoms with E-state index in [1.807, 2.05) is 0 Å². The molecule has 3 heteroatoms. The molecule has 0 spiro atoms. The molecule has 3 nitrogen and oxygen atoms in total. The summed E-state index contributed by atoms with van der Waals surface area (Å²) in [5.74, 6) is 3.45. The number of fused-ring (bicyclic) bond motifs is 5. The van der Waals surface area contributed by atoms with E-state index in [1.165, 1.54) is 51.4 Å². The molecule has 30 heavy (non-hydrogen) atoms. The van der Waals surface area contributed by atoms with Crippen LogP contribution in [0, 0.1) is 34.5 Å². The van der Waals surface area contributed by atoms with Gasteiger partial charge in [0.05, 0.1) is 12.2 Å². The molecule has 8 unspecified atom stereocenters. The Balaban J connectivity index is 1.35. The molecule has 0 aromatic rings. The first-order chi connectivity index (χ1) is 14.4. The van der Waals surface area contributed by atoms with E-state index in [1.54, 1.807) is 5.57 Å². The molecule has 0 aliphatic heterocycles. The molecule has 0 radical (unpaired) electrons. The second kappa shape index (κ2) is 9.24. The second-order valence-electron chi connectivity index (χ2n) is 11.8. The summed E-state index contributed by atoms with van der Waals surface area (Å²) in [4.78, 5) is 0. The van der Waals surface area contributed by atoms with Crippen molar-refractivity contribution in [2.24, 2.45) is 34.5 Å². The number of rotatable bonds is 8. The number of unbranched alkanes of at least 4 members (excludes halogenated alkanes) is 1. The molecule has 3 fully saturated rings. The van der Waals surface area contributed by atoms with Gasteiger partial charge in [-0.15, -0.1) is 0 Å². The van der Waals surface area contributed by atoms with Gasteiger partial charge in [0.15, 0.2) is 0 Å². The normalized spacial score (nSPS) is 44.0. The molecular formula is C27H46O3. The second-order valence-corrected chi connectivity index (χ2v) is 11.8. The van der Waals surface area contributed by atoms with Gasteiger partial charge in [0, 0.05) is 6.61 Å². The zero-order valence-corrected chi connectivity index (χ0v) is 19.5. The third-order valence-corrected chi connectivity index (χ3v) is 10.3. The predicted octanol–water partition coefficient (Wildman–Crippen LogP) is 5.62. The summed E-state index contributed by atoms with van der Waals surface area (Å²) in [6, 6.07) is 0. The van der Waals surface area contributed by atoms with Crippen molar-refractivity contribution in [1.29, 1.82) is 0 Å². The van der Waals surface area contributed by atoms with Crippen molar-refractivity contribution < 1.29 is 15.3 Å². The van der Waals surface area contributed by atoms with Gasteiger partial charge in [-0.25, -0.2) is 0 Å². The topological polar surface area (TPSA) is 60.7 Å². The van der Waals surface area contributed by atoms with Crippen LogP contribution in [0.25, 0.3) is 0 Å². The highest BCUT2D eigenvalue weighted by atomic mass is 16.3. The molecule has 3 N–H and O–H groups in total. The van der Waals surface area contributed by atoms with Crippen molar-refractivity contribution in [3.8, 4) is 0 Å². The minimum absolute atomic E-state index is 0.104. The van der Waals surface area contributed by atoms with Crippen LogP contribution in [0.5, 0.6) is 0 Å². The molecule has 0 bridgehead atoms. The van der Waals surface area contributed by atoms with Crippen LogP contribution < -0.4 is 0 Å². The minimum Gasteiger partial charge on any atom is -0.396 e. The Labute approximate surface area is 184 Å². The molecule has 0 aromatic heterocycles. The zero-order valence-electron chi connectivity index (χ0n) is 19.5. The van der Waals surface area contributed by atoms with Crippen molar-refractivity contribution in [3.63, 3.8) is 0 Å². The molecule has 0 amide bonds. The zero-order chi connectivity index (χ0) is 21.4. The number of hydrogen-bond donors (Lipinski definition) is 3. The average molecular weight is 419 g/mol. The quantitative estimate of drug-likeness (QED) is 0.354. The lowest BCUT2D eigenvalue weighted by molar-refractivity contribution is -0.0509. The summed E-state index contributed by atoms with van der Waals surface area (Å²) in [7, 11) is 0. The molecule has 0 saturated heterocycles. The molecule has 0 heterocycles. The van der Waals surface area contributed by atoms with Crippen LogP contribution in [0.2, 0.25) is 0 Å². The maximum atomic E-state index is 10.2. The minimum atomic E-state index is -0.225. The summed E-state index contributed by atoms with van der Waals surface area (Å²) >= 11 is 0. The third kappa shape index (κ3) is 4.16. The maximum Gasteiger partial charge on any atom is 0.0577 e. The molecular weight excluding hydrogens is 372 g/mol. The largest absolute Gasteiger partial charge is 0.396 e. The summed E-state index contributed by atoms with van der Waals surface area (Å²) in [5, 5.41) is 29.2. The van der Waals surface area contributed by atoms with Crippen LogP contribution >= 0.6 is 0 Å². The van der Waals surface area contributed by atoms with E-state index in [4.69, 9.17) is 5.11 Å². The molecule has 172 valence electrons. The number of allylic oxidation sites excluding steroid dienone is 1. The van der Waals surface area contributed by atoms with Crippen molar-refractivity contribution in [1.82, 2.24) is 0 Å². The number of aliphatic hydroxyl groups is 3. The van der Waals surface area contributed by atoms with Gasteiger partial charge in [-0.1, -0.05) is 38.3 Å². The van der Waals surface area contributed by atoms with E-state index >= 15 is 0 Å². The summed E-state index contributed by atoms with van der Waals surface area (Å²) in [6.07, 6.45) is 18.3. The Bertz CT molecular complexity index is 615. The van der Waals surface area contributed by atoms with Crippen LogP contribution in [0.3, 0.4) is 0 Å². The van der Waals surface area contributed by atoms with E-state index in [2.05, 4.69) is 19.9 Å². The van der Waals surface area contributed by atoms with Gasteiger partial charge in [0.1, 0.15) is 0 Å². The first-order valence-electron chi connectivity index (χ1n) is 13.0. The van der Waals surface area contributed by atoms with Crippen LogP contribution in [0.15, 0.2) is 11.6 Å². The van der Waals surface area contributed by atoms with Gasteiger partial charge in [0.2, 0.25) is 0 Å². The van der Waals surface area contributed by atoms with Gasteiger partial charge in [-0.2, -0.15) is 0 Å². The Hall–Kier alpha value is -0.380. The van der Waals surface area contributed by atoms with Crippen molar-refractivity contribution >= 4 is 0 Å². The monoisotopic (exact) mass is 418 g/mol. The first kappa shape index (κ1) is 22.8. The predicted molar refractivity (Wildman–Crippen MR) is 122 cm³/mol. The highest BCUT2D eigenvalue weighted by Gasteiger charge is 2.58. The van der Waals surface area contributed by atoms with Crippen LogP contribution in [-0.2, 0) is 0 Å². The van der Waals surface area contributed by atoms with Gasteiger partial charge in [-0.3, -0.25) is 0 Å². The lowest BCUT2D eigenvalue weighted by atomic mass is 9.47. The fourth-order valence-corrected chi connectivity index (χ4v) is 8.47. The fraction of sp³-hybridized carbons (Fsp3) is 0.926. The molecule has 0 aromatic carbocycles. The fourth-order valence-electron chi connectivity index (χ4n) is 8.47. The maximum absolute atomic E-state index is 10.2. The first-order valence-corrected chi connectivity index (χ1v) is 13.0. The molecule has 3 saturated carbocycles. The van der Waals surface area contributed by atoms with E-state index in [9.17, 15) is 10.2 Å². The summed E-state index contributed by atoms with van der Waals surface area (Å²) in [6.45, 7) is 5.34. The molecule has 4 aliphatic carbocycles. The van der Waals surface area contributed by atoms with Crippen molar-refractivity contribution in [3.05, 3.63) is 11.6 Å². The van der Waals surface area contributed by atoms with E-state index in [-0.39, 0.29) is 18.8 Å². The van der Waals surface area contributed by atoms with E-state index < -0.39 is 0 Å². The van der Waals surface area contributed by atoms with Crippen LogP contribution in [-0.4, -0.2) is 34.1 Å². The van der Waals surface area contributed by atoms with Gasteiger partial charge in [-0.05, 0) is 112 Å². The Morgan fingerprint density at radius 3 is 2.60 bits per heavy atom. The number of aliphatic hydroxyl groups excluding tert-OH is 3. The molecule has 4 rings (SSSR count). The third-order valence-electron chi connectivity index (χ3n) is 10.3. The van der Waals surface area contributed by atoms with Crippen molar-refractivity contribution in [2.45, 2.75) is 116 Å². The van der Waals surface area contributed by atoms with Gasteiger partial charge < -0.3 is 15.3 Å². The Kier molecular flexibility index (Phi) is 7.02. The van der Waals surface area contributed by atoms with Crippen molar-refractivity contribution in [2.75, 3.05) is 6.61 Å². The SMILES string of the molecule is CC12CCC(O)CC1=CCC1C2CCC2(C)C(CCCCC(O)CCCO)CCC12. The van der Waals surface area contributed by atoms with E-state index in [0.29, 0.717) is 10.8 Å². The van der Waals surface area contributed by atoms with Gasteiger partial charge >= 0.3 is 0 Å². The Morgan fingerprint density at radius 2 is 1.80 bits per heavy atom. The molecule has 8 atom stereocenters. The standard InChI is InChI=1S/C27H46O3/c1-26-16-14-25-23(11-9-20-18-22(30)13-15-27(20,25)2)24(26)12-10-19(26)6-3-4-7-21(29)8-5-17-28/h9,19,21-25,28-30H,3-8,10-18H2,1-2H3. The smallest absolute Gasteiger partial charge is 0.0577 e. The van der Waals surface area contributed by atoms with E-state index in [0.717, 1.165) is 62.2 Å².